The fourth-order valence-corrected chi connectivity index (χ4v) is 2.48. The molecule has 0 aliphatic carbocycles. The highest BCUT2D eigenvalue weighted by Gasteiger charge is 2.16. The molecule has 0 spiro atoms. The lowest BCUT2D eigenvalue weighted by Crippen LogP contribution is -2.31. The number of amidine groups is 1. The summed E-state index contributed by atoms with van der Waals surface area (Å²) in [5.74, 6) is -0.0610. The van der Waals surface area contributed by atoms with Crippen LogP contribution in [0.5, 0.6) is 0 Å². The maximum atomic E-state index is 11.0. The molecule has 1 heterocycles. The number of benzene rings is 1. The minimum atomic E-state index is -0.216. The molecule has 0 radical (unpaired) electrons. The van der Waals surface area contributed by atoms with Gasteiger partial charge in [0.25, 0.3) is 0 Å². The van der Waals surface area contributed by atoms with Crippen molar-refractivity contribution >= 4 is 17.2 Å². The topological polar surface area (TPSA) is 104 Å². The molecule has 0 bridgehead atoms. The summed E-state index contributed by atoms with van der Waals surface area (Å²) in [5.41, 5.74) is 7.53. The van der Waals surface area contributed by atoms with Crippen molar-refractivity contribution in [1.29, 1.82) is 0 Å². The van der Waals surface area contributed by atoms with Crippen molar-refractivity contribution in [2.75, 3.05) is 6.54 Å². The maximum absolute atomic E-state index is 11.0. The van der Waals surface area contributed by atoms with Gasteiger partial charge in [-0.3, -0.25) is 4.79 Å². The van der Waals surface area contributed by atoms with E-state index < -0.39 is 0 Å². The predicted octanol–water partition coefficient (Wildman–Crippen LogP) is 1.06. The van der Waals surface area contributed by atoms with Gasteiger partial charge >= 0.3 is 4.87 Å². The van der Waals surface area contributed by atoms with E-state index in [4.69, 9.17) is 10.9 Å². The molecule has 0 aliphatic heterocycles. The van der Waals surface area contributed by atoms with Gasteiger partial charge in [-0.05, 0) is 5.56 Å². The Morgan fingerprint density at radius 1 is 1.45 bits per heavy atom. The zero-order valence-corrected chi connectivity index (χ0v) is 11.6. The number of aromatic amines is 1. The second-order valence-electron chi connectivity index (χ2n) is 4.29. The van der Waals surface area contributed by atoms with Gasteiger partial charge in [0.2, 0.25) is 0 Å². The number of oxime groups is 1. The number of H-pyrrole nitrogens is 1. The van der Waals surface area contributed by atoms with E-state index >= 15 is 0 Å². The summed E-state index contributed by atoms with van der Waals surface area (Å²) < 4.78 is 0. The van der Waals surface area contributed by atoms with Gasteiger partial charge in [-0.1, -0.05) is 46.8 Å². The lowest BCUT2D eigenvalue weighted by atomic mass is 9.98. The maximum Gasteiger partial charge on any atom is 0.304 e. The Hall–Kier alpha value is -2.12. The summed E-state index contributed by atoms with van der Waals surface area (Å²) in [6.07, 6.45) is 0. The van der Waals surface area contributed by atoms with Crippen LogP contribution in [-0.2, 0) is 6.54 Å². The molecule has 106 valence electrons. The number of nitrogens with zero attached hydrogens (tertiary/aromatic N) is 1. The van der Waals surface area contributed by atoms with Crippen LogP contribution in [0.3, 0.4) is 0 Å². The minimum absolute atomic E-state index is 0.0714. The molecule has 2 aromatic rings. The van der Waals surface area contributed by atoms with Gasteiger partial charge in [0, 0.05) is 24.2 Å². The first-order valence-electron chi connectivity index (χ1n) is 6.10. The average molecular weight is 292 g/mol. The Labute approximate surface area is 120 Å². The van der Waals surface area contributed by atoms with E-state index in [0.29, 0.717) is 13.1 Å². The summed E-state index contributed by atoms with van der Waals surface area (Å²) >= 11 is 1.13. The van der Waals surface area contributed by atoms with Crippen LogP contribution in [0, 0.1) is 0 Å². The van der Waals surface area contributed by atoms with E-state index in [1.807, 2.05) is 30.3 Å². The van der Waals surface area contributed by atoms with Crippen LogP contribution in [0.1, 0.15) is 17.2 Å². The van der Waals surface area contributed by atoms with Crippen molar-refractivity contribution in [2.24, 2.45) is 10.9 Å². The van der Waals surface area contributed by atoms with E-state index in [0.717, 1.165) is 22.6 Å². The zero-order chi connectivity index (χ0) is 14.4. The summed E-state index contributed by atoms with van der Waals surface area (Å²) in [6.45, 7) is 1.04. The summed E-state index contributed by atoms with van der Waals surface area (Å²) in [4.78, 5) is 13.7. The molecule has 0 fully saturated rings. The Morgan fingerprint density at radius 2 is 2.20 bits per heavy atom. The van der Waals surface area contributed by atoms with Crippen LogP contribution in [0.4, 0.5) is 0 Å². The number of thiazole rings is 1. The van der Waals surface area contributed by atoms with Crippen LogP contribution in [-0.4, -0.2) is 22.6 Å². The van der Waals surface area contributed by atoms with E-state index in [1.54, 1.807) is 5.38 Å². The molecule has 0 aliphatic rings. The number of nitrogens with one attached hydrogen (secondary N) is 2. The van der Waals surface area contributed by atoms with E-state index in [1.165, 1.54) is 0 Å². The number of aromatic nitrogens is 1. The summed E-state index contributed by atoms with van der Waals surface area (Å²) in [6, 6.07) is 9.58. The highest BCUT2D eigenvalue weighted by Crippen LogP contribution is 2.15. The Kier molecular flexibility index (Phi) is 4.91. The molecule has 1 aromatic carbocycles. The third-order valence-electron chi connectivity index (χ3n) is 2.91. The highest BCUT2D eigenvalue weighted by molar-refractivity contribution is 7.07. The molecule has 1 atom stereocenters. The molecule has 0 saturated heterocycles. The smallest absolute Gasteiger partial charge is 0.304 e. The van der Waals surface area contributed by atoms with Gasteiger partial charge in [0.1, 0.15) is 5.84 Å². The number of nitrogens with two attached hydrogens (primary N) is 1. The van der Waals surface area contributed by atoms with E-state index in [2.05, 4.69) is 15.5 Å². The lowest BCUT2D eigenvalue weighted by Gasteiger charge is -2.16. The SMILES string of the molecule is N/C(=N/O)C(CNCc1csc(=O)[nH]1)c1ccccc1. The normalized spacial score (nSPS) is 13.3. The predicted molar refractivity (Wildman–Crippen MR) is 79.2 cm³/mol. The van der Waals surface area contributed by atoms with E-state index in [9.17, 15) is 4.79 Å². The fourth-order valence-electron chi connectivity index (χ4n) is 1.90. The standard InChI is InChI=1S/C13H16N4O2S/c14-12(17-19)11(9-4-2-1-3-5-9)7-15-6-10-8-20-13(18)16-10/h1-5,8,11,15,19H,6-7H2,(H2,14,17)(H,16,18). The third kappa shape index (κ3) is 3.69. The van der Waals surface area contributed by atoms with Crippen molar-refractivity contribution in [3.8, 4) is 0 Å². The third-order valence-corrected chi connectivity index (χ3v) is 3.63. The largest absolute Gasteiger partial charge is 0.409 e. The second-order valence-corrected chi connectivity index (χ2v) is 5.13. The van der Waals surface area contributed by atoms with Crippen LogP contribution in [0.25, 0.3) is 0 Å². The van der Waals surface area contributed by atoms with Gasteiger partial charge in [-0.2, -0.15) is 0 Å². The van der Waals surface area contributed by atoms with Crippen LogP contribution in [0.15, 0.2) is 45.7 Å². The Morgan fingerprint density at radius 3 is 2.80 bits per heavy atom. The quantitative estimate of drug-likeness (QED) is 0.276. The van der Waals surface area contributed by atoms with Gasteiger partial charge in [-0.25, -0.2) is 0 Å². The van der Waals surface area contributed by atoms with Crippen LogP contribution < -0.4 is 15.9 Å². The molecule has 1 aromatic heterocycles. The number of rotatable bonds is 6. The monoisotopic (exact) mass is 292 g/mol. The van der Waals surface area contributed by atoms with Crippen LogP contribution >= 0.6 is 11.3 Å². The van der Waals surface area contributed by atoms with Gasteiger partial charge in [0.15, 0.2) is 0 Å². The van der Waals surface area contributed by atoms with E-state index in [-0.39, 0.29) is 16.6 Å². The summed E-state index contributed by atoms with van der Waals surface area (Å²) in [5, 5.41) is 16.9. The Balaban J connectivity index is 2.00. The highest BCUT2D eigenvalue weighted by atomic mass is 32.1. The molecule has 7 heteroatoms. The molecule has 1 unspecified atom stereocenters. The minimum Gasteiger partial charge on any atom is -0.409 e. The van der Waals surface area contributed by atoms with Crippen molar-refractivity contribution < 1.29 is 5.21 Å². The molecular weight excluding hydrogens is 276 g/mol. The van der Waals surface area contributed by atoms with Crippen LogP contribution in [0.2, 0.25) is 0 Å². The molecule has 20 heavy (non-hydrogen) atoms. The first-order valence-corrected chi connectivity index (χ1v) is 6.98. The fraction of sp³-hybridized carbons (Fsp3) is 0.231. The lowest BCUT2D eigenvalue weighted by molar-refractivity contribution is 0.315. The van der Waals surface area contributed by atoms with Gasteiger partial charge in [-0.15, -0.1) is 0 Å². The van der Waals surface area contributed by atoms with Crippen molar-refractivity contribution in [1.82, 2.24) is 10.3 Å². The second kappa shape index (κ2) is 6.88. The summed E-state index contributed by atoms with van der Waals surface area (Å²) in [7, 11) is 0. The molecule has 0 amide bonds. The zero-order valence-electron chi connectivity index (χ0n) is 10.7. The molecule has 0 saturated carbocycles. The molecule has 5 N–H and O–H groups in total. The number of hydrogen-bond acceptors (Lipinski definition) is 5. The van der Waals surface area contributed by atoms with Crippen molar-refractivity contribution in [3.63, 3.8) is 0 Å². The van der Waals surface area contributed by atoms with Gasteiger partial charge < -0.3 is 21.2 Å². The molecule has 2 rings (SSSR count). The Bertz CT molecular complexity index is 621. The number of hydrogen-bond donors (Lipinski definition) is 4. The van der Waals surface area contributed by atoms with Gasteiger partial charge in [0.05, 0.1) is 5.92 Å². The first kappa shape index (κ1) is 14.3. The first-order chi connectivity index (χ1) is 9.70. The molecular formula is C13H16N4O2S. The average Bonchev–Trinajstić information content (AvgIpc) is 2.89. The molecule has 6 nitrogen and oxygen atoms in total. The van der Waals surface area contributed by atoms with Crippen molar-refractivity contribution in [2.45, 2.75) is 12.5 Å². The van der Waals surface area contributed by atoms with Crippen molar-refractivity contribution in [3.05, 3.63) is 56.6 Å².